The molecule has 0 aliphatic rings. The van der Waals surface area contributed by atoms with E-state index in [0.717, 1.165) is 13.1 Å². The summed E-state index contributed by atoms with van der Waals surface area (Å²) in [6, 6.07) is 15.1. The fraction of sp³-hybridized carbons (Fsp3) is 0.375. The number of benzene rings is 1. The Morgan fingerprint density at radius 1 is 1.05 bits per heavy atom. The molecular formula is C16H21NS2. The summed E-state index contributed by atoms with van der Waals surface area (Å²) in [5.41, 5.74) is 1.32. The van der Waals surface area contributed by atoms with Crippen molar-refractivity contribution in [3.8, 4) is 10.4 Å². The maximum atomic E-state index is 3.53. The molecular weight excluding hydrogens is 270 g/mol. The molecule has 0 atom stereocenters. The van der Waals surface area contributed by atoms with Gasteiger partial charge in [-0.15, -0.1) is 11.3 Å². The van der Waals surface area contributed by atoms with Crippen molar-refractivity contribution < 1.29 is 0 Å². The van der Waals surface area contributed by atoms with Gasteiger partial charge in [-0.2, -0.15) is 11.8 Å². The molecule has 1 aromatic carbocycles. The van der Waals surface area contributed by atoms with Crippen LogP contribution in [-0.2, 0) is 6.54 Å². The van der Waals surface area contributed by atoms with Crippen LogP contribution < -0.4 is 5.32 Å². The third kappa shape index (κ3) is 5.01. The minimum absolute atomic E-state index is 0.997. The van der Waals surface area contributed by atoms with Gasteiger partial charge in [0.05, 0.1) is 0 Å². The van der Waals surface area contributed by atoms with Crippen LogP contribution in [0, 0.1) is 0 Å². The standard InChI is InChI=1S/C16H21NS2/c1-18-12-6-5-11-17-13-15-9-10-16(19-15)14-7-3-2-4-8-14/h2-4,7-10,17H,5-6,11-13H2,1H3. The molecule has 0 bridgehead atoms. The average Bonchev–Trinajstić information content (AvgIpc) is 2.92. The van der Waals surface area contributed by atoms with Gasteiger partial charge in [0, 0.05) is 16.3 Å². The summed E-state index contributed by atoms with van der Waals surface area (Å²) >= 11 is 3.82. The Bertz CT molecular complexity index is 465. The predicted molar refractivity (Wildman–Crippen MR) is 89.1 cm³/mol. The minimum atomic E-state index is 0.997. The lowest BCUT2D eigenvalue weighted by molar-refractivity contribution is 0.648. The highest BCUT2D eigenvalue weighted by Gasteiger charge is 2.01. The van der Waals surface area contributed by atoms with Crippen LogP contribution in [0.5, 0.6) is 0 Å². The van der Waals surface area contributed by atoms with Crippen LogP contribution in [0.15, 0.2) is 42.5 Å². The molecule has 1 aromatic heterocycles. The molecule has 0 fully saturated rings. The van der Waals surface area contributed by atoms with Crippen LogP contribution in [0.4, 0.5) is 0 Å². The fourth-order valence-corrected chi connectivity index (χ4v) is 3.41. The van der Waals surface area contributed by atoms with Gasteiger partial charge in [-0.1, -0.05) is 30.3 Å². The second-order valence-electron chi connectivity index (χ2n) is 4.51. The zero-order chi connectivity index (χ0) is 13.3. The maximum absolute atomic E-state index is 3.53. The normalized spacial score (nSPS) is 10.8. The highest BCUT2D eigenvalue weighted by atomic mass is 32.2. The first-order chi connectivity index (χ1) is 9.40. The van der Waals surface area contributed by atoms with Crippen molar-refractivity contribution in [3.63, 3.8) is 0 Å². The highest BCUT2D eigenvalue weighted by Crippen LogP contribution is 2.27. The SMILES string of the molecule is CSCCCCNCc1ccc(-c2ccccc2)s1. The quantitative estimate of drug-likeness (QED) is 0.711. The molecule has 0 saturated heterocycles. The largest absolute Gasteiger partial charge is 0.312 e. The maximum Gasteiger partial charge on any atom is 0.0346 e. The van der Waals surface area contributed by atoms with Crippen molar-refractivity contribution in [3.05, 3.63) is 47.3 Å². The van der Waals surface area contributed by atoms with Gasteiger partial charge >= 0.3 is 0 Å². The fourth-order valence-electron chi connectivity index (χ4n) is 1.94. The monoisotopic (exact) mass is 291 g/mol. The Balaban J connectivity index is 1.75. The summed E-state index contributed by atoms with van der Waals surface area (Å²) in [6.45, 7) is 2.12. The van der Waals surface area contributed by atoms with Crippen LogP contribution in [0.3, 0.4) is 0 Å². The molecule has 0 aliphatic heterocycles. The number of unbranched alkanes of at least 4 members (excludes halogenated alkanes) is 1. The minimum Gasteiger partial charge on any atom is -0.312 e. The van der Waals surface area contributed by atoms with Gasteiger partial charge in [0.2, 0.25) is 0 Å². The zero-order valence-electron chi connectivity index (χ0n) is 11.4. The number of thioether (sulfide) groups is 1. The predicted octanol–water partition coefficient (Wildman–Crippen LogP) is 4.65. The first-order valence-corrected chi connectivity index (χ1v) is 8.95. The van der Waals surface area contributed by atoms with Crippen LogP contribution in [0.25, 0.3) is 10.4 Å². The van der Waals surface area contributed by atoms with Gasteiger partial charge in [0.1, 0.15) is 0 Å². The first kappa shape index (κ1) is 14.6. The highest BCUT2D eigenvalue weighted by molar-refractivity contribution is 7.98. The zero-order valence-corrected chi connectivity index (χ0v) is 13.0. The molecule has 0 spiro atoms. The average molecular weight is 291 g/mol. The van der Waals surface area contributed by atoms with E-state index in [2.05, 4.69) is 54.0 Å². The van der Waals surface area contributed by atoms with Gasteiger partial charge in [-0.05, 0) is 49.1 Å². The molecule has 2 aromatic rings. The molecule has 1 heterocycles. The molecule has 0 aliphatic carbocycles. The number of hydrogen-bond acceptors (Lipinski definition) is 3. The molecule has 0 saturated carbocycles. The van der Waals surface area contributed by atoms with E-state index in [9.17, 15) is 0 Å². The lowest BCUT2D eigenvalue weighted by Gasteiger charge is -2.02. The first-order valence-electron chi connectivity index (χ1n) is 6.74. The van der Waals surface area contributed by atoms with E-state index in [1.165, 1.54) is 33.9 Å². The van der Waals surface area contributed by atoms with E-state index < -0.39 is 0 Å². The third-order valence-electron chi connectivity index (χ3n) is 2.97. The summed E-state index contributed by atoms with van der Waals surface area (Å²) in [6.07, 6.45) is 4.76. The molecule has 1 N–H and O–H groups in total. The molecule has 0 unspecified atom stereocenters. The molecule has 3 heteroatoms. The Labute approximate surface area is 124 Å². The van der Waals surface area contributed by atoms with Gasteiger partial charge in [-0.3, -0.25) is 0 Å². The summed E-state index contributed by atoms with van der Waals surface area (Å²) in [7, 11) is 0. The van der Waals surface area contributed by atoms with Gasteiger partial charge in [0.15, 0.2) is 0 Å². The summed E-state index contributed by atoms with van der Waals surface area (Å²) in [5, 5.41) is 3.53. The molecule has 2 rings (SSSR count). The molecule has 102 valence electrons. The van der Waals surface area contributed by atoms with Crippen molar-refractivity contribution in [2.75, 3.05) is 18.6 Å². The topological polar surface area (TPSA) is 12.0 Å². The van der Waals surface area contributed by atoms with E-state index in [1.807, 2.05) is 23.1 Å². The number of rotatable bonds is 8. The van der Waals surface area contributed by atoms with Gasteiger partial charge in [-0.25, -0.2) is 0 Å². The smallest absolute Gasteiger partial charge is 0.0346 e. The van der Waals surface area contributed by atoms with Crippen molar-refractivity contribution >= 4 is 23.1 Å². The molecule has 1 nitrogen and oxygen atoms in total. The van der Waals surface area contributed by atoms with E-state index in [4.69, 9.17) is 0 Å². The third-order valence-corrected chi connectivity index (χ3v) is 4.80. The Hall–Kier alpha value is -0.770. The second kappa shape index (κ2) is 8.41. The molecule has 0 amide bonds. The van der Waals surface area contributed by atoms with Crippen molar-refractivity contribution in [2.45, 2.75) is 19.4 Å². The Morgan fingerprint density at radius 2 is 1.89 bits per heavy atom. The van der Waals surface area contributed by atoms with Crippen molar-refractivity contribution in [1.29, 1.82) is 0 Å². The van der Waals surface area contributed by atoms with Crippen LogP contribution in [-0.4, -0.2) is 18.6 Å². The van der Waals surface area contributed by atoms with E-state index in [1.54, 1.807) is 0 Å². The lowest BCUT2D eigenvalue weighted by Crippen LogP contribution is -2.13. The van der Waals surface area contributed by atoms with Crippen LogP contribution in [0.1, 0.15) is 17.7 Å². The molecule has 19 heavy (non-hydrogen) atoms. The van der Waals surface area contributed by atoms with Gasteiger partial charge < -0.3 is 5.32 Å². The summed E-state index contributed by atoms with van der Waals surface area (Å²) in [5.74, 6) is 1.28. The lowest BCUT2D eigenvalue weighted by atomic mass is 10.2. The number of hydrogen-bond donors (Lipinski definition) is 1. The number of nitrogens with one attached hydrogen (secondary N) is 1. The van der Waals surface area contributed by atoms with Crippen LogP contribution >= 0.6 is 23.1 Å². The number of thiophene rings is 1. The van der Waals surface area contributed by atoms with E-state index >= 15 is 0 Å². The van der Waals surface area contributed by atoms with Crippen molar-refractivity contribution in [2.24, 2.45) is 0 Å². The van der Waals surface area contributed by atoms with E-state index in [0.29, 0.717) is 0 Å². The Kier molecular flexibility index (Phi) is 6.48. The summed E-state index contributed by atoms with van der Waals surface area (Å²) < 4.78 is 0. The molecule has 0 radical (unpaired) electrons. The van der Waals surface area contributed by atoms with E-state index in [-0.39, 0.29) is 0 Å². The van der Waals surface area contributed by atoms with Crippen LogP contribution in [0.2, 0.25) is 0 Å². The second-order valence-corrected chi connectivity index (χ2v) is 6.66. The van der Waals surface area contributed by atoms with Gasteiger partial charge in [0.25, 0.3) is 0 Å². The van der Waals surface area contributed by atoms with Crippen molar-refractivity contribution in [1.82, 2.24) is 5.32 Å². The Morgan fingerprint density at radius 3 is 2.68 bits per heavy atom. The summed E-state index contributed by atoms with van der Waals surface area (Å²) in [4.78, 5) is 2.78.